The van der Waals surface area contributed by atoms with Crippen LogP contribution in [0.1, 0.15) is 34.8 Å². The van der Waals surface area contributed by atoms with Crippen LogP contribution in [0.25, 0.3) is 0 Å². The van der Waals surface area contributed by atoms with E-state index in [-0.39, 0.29) is 18.4 Å². The average molecular weight is 329 g/mol. The fraction of sp³-hybridized carbons (Fsp3) is 0.429. The number of hydrogen-bond donors (Lipinski definition) is 0. The second-order valence-corrected chi connectivity index (χ2v) is 4.44. The maximum Gasteiger partial charge on any atom is 0.338 e. The molecule has 0 aromatic heterocycles. The van der Waals surface area contributed by atoms with Gasteiger partial charge in [-0.25, -0.2) is 4.79 Å². The van der Waals surface area contributed by atoms with Crippen molar-refractivity contribution in [2.75, 3.05) is 13.7 Å². The van der Waals surface area contributed by atoms with E-state index >= 15 is 0 Å². The molecule has 5 heteroatoms. The molecule has 0 heterocycles. The van der Waals surface area contributed by atoms with Crippen molar-refractivity contribution < 1.29 is 19.1 Å². The Kier molecular flexibility index (Phi) is 6.56. The molecule has 0 saturated heterocycles. The first-order valence-corrected chi connectivity index (χ1v) is 7.16. The van der Waals surface area contributed by atoms with Gasteiger partial charge in [0.05, 0.1) is 19.3 Å². The summed E-state index contributed by atoms with van der Waals surface area (Å²) in [5, 5.41) is 0.563. The highest BCUT2D eigenvalue weighted by Crippen LogP contribution is 2.20. The van der Waals surface area contributed by atoms with E-state index in [0.717, 1.165) is 11.1 Å². The molecule has 1 aromatic carbocycles. The molecule has 0 fully saturated rings. The lowest BCUT2D eigenvalue weighted by Gasteiger charge is -2.12. The fourth-order valence-electron chi connectivity index (χ4n) is 1.78. The van der Waals surface area contributed by atoms with Crippen molar-refractivity contribution in [3.05, 3.63) is 34.9 Å². The number of hydrogen-bond acceptors (Lipinski definition) is 4. The first kappa shape index (κ1) is 15.7. The Bertz CT molecular complexity index is 457. The number of ether oxygens (including phenoxy) is 2. The number of carbonyl (C=O) groups is 2. The minimum absolute atomic E-state index is 0.245. The van der Waals surface area contributed by atoms with Gasteiger partial charge in [0.1, 0.15) is 0 Å². The molecule has 1 aromatic rings. The maximum absolute atomic E-state index is 12.0. The van der Waals surface area contributed by atoms with E-state index in [1.54, 1.807) is 6.92 Å². The van der Waals surface area contributed by atoms with Gasteiger partial charge >= 0.3 is 11.9 Å². The van der Waals surface area contributed by atoms with E-state index in [4.69, 9.17) is 4.74 Å². The van der Waals surface area contributed by atoms with E-state index in [2.05, 4.69) is 20.7 Å². The standard InChI is InChI=1S/C14H17BrO4/c1-3-19-14(17)13-10(7-8-12(16)18-2)5-4-6-11(13)9-15/h4-6H,3,7-9H2,1-2H3. The fourth-order valence-corrected chi connectivity index (χ4v) is 2.24. The number of alkyl halides is 1. The molecule has 0 radical (unpaired) electrons. The zero-order valence-electron chi connectivity index (χ0n) is 11.1. The Morgan fingerprint density at radius 3 is 2.53 bits per heavy atom. The highest BCUT2D eigenvalue weighted by molar-refractivity contribution is 9.08. The van der Waals surface area contributed by atoms with Gasteiger partial charge in [-0.05, 0) is 24.5 Å². The number of benzene rings is 1. The highest BCUT2D eigenvalue weighted by Gasteiger charge is 2.17. The van der Waals surface area contributed by atoms with Crippen LogP contribution < -0.4 is 0 Å². The number of esters is 2. The number of rotatable bonds is 6. The zero-order valence-corrected chi connectivity index (χ0v) is 12.7. The van der Waals surface area contributed by atoms with Crippen LogP contribution in [0.3, 0.4) is 0 Å². The Labute approximate surface area is 121 Å². The second-order valence-electron chi connectivity index (χ2n) is 3.88. The van der Waals surface area contributed by atoms with Gasteiger partial charge in [0.25, 0.3) is 0 Å². The van der Waals surface area contributed by atoms with Crippen LogP contribution in [0, 0.1) is 0 Å². The smallest absolute Gasteiger partial charge is 0.338 e. The van der Waals surface area contributed by atoms with Gasteiger partial charge in [-0.15, -0.1) is 0 Å². The summed E-state index contributed by atoms with van der Waals surface area (Å²) in [7, 11) is 1.35. The van der Waals surface area contributed by atoms with Gasteiger partial charge in [-0.2, -0.15) is 0 Å². The van der Waals surface area contributed by atoms with Crippen molar-refractivity contribution in [1.82, 2.24) is 0 Å². The predicted molar refractivity (Wildman–Crippen MR) is 75.4 cm³/mol. The van der Waals surface area contributed by atoms with Gasteiger partial charge in [-0.1, -0.05) is 34.1 Å². The van der Waals surface area contributed by atoms with Crippen LogP contribution in [0.2, 0.25) is 0 Å². The van der Waals surface area contributed by atoms with Crippen LogP contribution in [-0.2, 0) is 26.0 Å². The first-order chi connectivity index (χ1) is 9.13. The zero-order chi connectivity index (χ0) is 14.3. The molecule has 0 bridgehead atoms. The van der Waals surface area contributed by atoms with Gasteiger partial charge in [0.2, 0.25) is 0 Å². The molecule has 0 unspecified atom stereocenters. The van der Waals surface area contributed by atoms with Crippen LogP contribution in [0.5, 0.6) is 0 Å². The molecule has 1 rings (SSSR count). The van der Waals surface area contributed by atoms with E-state index < -0.39 is 0 Å². The molecular weight excluding hydrogens is 312 g/mol. The SMILES string of the molecule is CCOC(=O)c1c(CBr)cccc1CCC(=O)OC. The molecule has 0 N–H and O–H groups in total. The van der Waals surface area contributed by atoms with Crippen molar-refractivity contribution in [3.8, 4) is 0 Å². The predicted octanol–water partition coefficient (Wildman–Crippen LogP) is 2.86. The monoisotopic (exact) mass is 328 g/mol. The molecule has 0 saturated carbocycles. The first-order valence-electron chi connectivity index (χ1n) is 6.04. The minimum atomic E-state index is -0.350. The second kappa shape index (κ2) is 7.94. The molecule has 0 aliphatic carbocycles. The summed E-state index contributed by atoms with van der Waals surface area (Å²) in [4.78, 5) is 23.2. The van der Waals surface area contributed by atoms with Crippen molar-refractivity contribution >= 4 is 27.9 Å². The number of carbonyl (C=O) groups excluding carboxylic acids is 2. The lowest BCUT2D eigenvalue weighted by Crippen LogP contribution is -2.12. The summed E-state index contributed by atoms with van der Waals surface area (Å²) in [6.45, 7) is 2.09. The van der Waals surface area contributed by atoms with Crippen molar-refractivity contribution in [1.29, 1.82) is 0 Å². The molecule has 0 amide bonds. The Morgan fingerprint density at radius 2 is 1.95 bits per heavy atom. The normalized spacial score (nSPS) is 10.1. The third kappa shape index (κ3) is 4.35. The third-order valence-electron chi connectivity index (χ3n) is 2.69. The third-order valence-corrected chi connectivity index (χ3v) is 3.29. The Hall–Kier alpha value is -1.36. The van der Waals surface area contributed by atoms with Crippen LogP contribution in [0.15, 0.2) is 18.2 Å². The molecule has 104 valence electrons. The molecule has 0 aliphatic rings. The van der Waals surface area contributed by atoms with Crippen molar-refractivity contribution in [2.24, 2.45) is 0 Å². The van der Waals surface area contributed by atoms with E-state index in [1.165, 1.54) is 7.11 Å². The summed E-state index contributed by atoms with van der Waals surface area (Å²) in [5.74, 6) is -0.642. The van der Waals surface area contributed by atoms with Gasteiger partial charge < -0.3 is 9.47 Å². The van der Waals surface area contributed by atoms with E-state index in [9.17, 15) is 9.59 Å². The number of methoxy groups -OCH3 is 1. The molecule has 0 atom stereocenters. The minimum Gasteiger partial charge on any atom is -0.469 e. The van der Waals surface area contributed by atoms with Crippen LogP contribution in [-0.4, -0.2) is 25.7 Å². The van der Waals surface area contributed by atoms with Crippen LogP contribution in [0.4, 0.5) is 0 Å². The van der Waals surface area contributed by atoms with Crippen molar-refractivity contribution in [2.45, 2.75) is 25.1 Å². The van der Waals surface area contributed by atoms with Gasteiger partial charge in [0, 0.05) is 11.8 Å². The maximum atomic E-state index is 12.0. The summed E-state index contributed by atoms with van der Waals surface area (Å²) in [5.41, 5.74) is 2.21. The Morgan fingerprint density at radius 1 is 1.26 bits per heavy atom. The highest BCUT2D eigenvalue weighted by atomic mass is 79.9. The summed E-state index contributed by atoms with van der Waals surface area (Å²) in [6, 6.07) is 5.57. The lowest BCUT2D eigenvalue weighted by molar-refractivity contribution is -0.140. The van der Waals surface area contributed by atoms with Crippen molar-refractivity contribution in [3.63, 3.8) is 0 Å². The Balaban J connectivity index is 3.01. The lowest BCUT2D eigenvalue weighted by atomic mass is 9.98. The summed E-state index contributed by atoms with van der Waals surface area (Å²) >= 11 is 3.36. The summed E-state index contributed by atoms with van der Waals surface area (Å²) in [6.07, 6.45) is 0.705. The quantitative estimate of drug-likeness (QED) is 0.595. The van der Waals surface area contributed by atoms with E-state index in [1.807, 2.05) is 18.2 Å². The largest absolute Gasteiger partial charge is 0.469 e. The number of halogens is 1. The molecule has 19 heavy (non-hydrogen) atoms. The molecular formula is C14H17BrO4. The van der Waals surface area contributed by atoms with Crippen LogP contribution >= 0.6 is 15.9 Å². The topological polar surface area (TPSA) is 52.6 Å². The summed E-state index contributed by atoms with van der Waals surface area (Å²) < 4.78 is 9.68. The van der Waals surface area contributed by atoms with Gasteiger partial charge in [0.15, 0.2) is 0 Å². The number of aryl methyl sites for hydroxylation is 1. The van der Waals surface area contributed by atoms with Gasteiger partial charge in [-0.3, -0.25) is 4.79 Å². The molecule has 0 aliphatic heterocycles. The van der Waals surface area contributed by atoms with E-state index in [0.29, 0.717) is 23.9 Å². The molecule has 4 nitrogen and oxygen atoms in total. The molecule has 0 spiro atoms. The average Bonchev–Trinajstić information content (AvgIpc) is 2.44.